The van der Waals surface area contributed by atoms with E-state index in [-0.39, 0.29) is 42.7 Å². The number of hydroxylamine groups is 2. The molecule has 0 spiro atoms. The average molecular weight is 478 g/mol. The molecular formula is C23H27N4NaO6. The van der Waals surface area contributed by atoms with E-state index in [0.29, 0.717) is 5.56 Å². The van der Waals surface area contributed by atoms with Gasteiger partial charge in [0.1, 0.15) is 12.2 Å². The van der Waals surface area contributed by atoms with Crippen molar-refractivity contribution < 1.29 is 58.6 Å². The van der Waals surface area contributed by atoms with Gasteiger partial charge in [0.05, 0.1) is 25.3 Å². The summed E-state index contributed by atoms with van der Waals surface area (Å²) in [5, 5.41) is 17.8. The smallest absolute Gasteiger partial charge is 0.548 e. The van der Waals surface area contributed by atoms with Crippen molar-refractivity contribution in [3.63, 3.8) is 0 Å². The van der Waals surface area contributed by atoms with Crippen LogP contribution < -0.4 is 45.4 Å². The Morgan fingerprint density at radius 2 is 1.68 bits per heavy atom. The molecule has 0 aliphatic rings. The standard InChI is InChI=1S/C23H28N4O6.Na/c1-23(2,3)33-22(31)26-25-13-17-9-11-18(12-10-17)15-27(21(30)24-14-20(28)29)32-16-19-7-5-4-6-8-19;/h4-13H,14-16H2,1-3H3,(H,24,30)(H,26,31)(H,28,29);/q;+1/p-1. The molecule has 0 fully saturated rings. The predicted molar refractivity (Wildman–Crippen MR) is 119 cm³/mol. The number of amides is 3. The van der Waals surface area contributed by atoms with E-state index in [0.717, 1.165) is 16.2 Å². The number of aliphatic carboxylic acids is 1. The van der Waals surface area contributed by atoms with Gasteiger partial charge in [-0.3, -0.25) is 4.84 Å². The number of nitrogens with one attached hydrogen (secondary N) is 2. The minimum absolute atomic E-state index is 0. The maximum absolute atomic E-state index is 12.4. The normalized spacial score (nSPS) is 10.8. The molecule has 0 radical (unpaired) electrons. The number of urea groups is 1. The zero-order chi connectivity index (χ0) is 24.3. The second-order valence-electron chi connectivity index (χ2n) is 7.94. The Kier molecular flexibility index (Phi) is 12.3. The van der Waals surface area contributed by atoms with Crippen molar-refractivity contribution in [1.29, 1.82) is 0 Å². The molecule has 0 aliphatic heterocycles. The summed E-state index contributed by atoms with van der Waals surface area (Å²) in [6.07, 6.45) is 0.786. The van der Waals surface area contributed by atoms with E-state index in [4.69, 9.17) is 9.57 Å². The van der Waals surface area contributed by atoms with Crippen LogP contribution in [0.4, 0.5) is 9.59 Å². The van der Waals surface area contributed by atoms with Crippen LogP contribution in [0.5, 0.6) is 0 Å². The summed E-state index contributed by atoms with van der Waals surface area (Å²) >= 11 is 0. The first-order chi connectivity index (χ1) is 15.6. The van der Waals surface area contributed by atoms with Crippen LogP contribution in [0.15, 0.2) is 59.7 Å². The maximum Gasteiger partial charge on any atom is 1.00 e. The van der Waals surface area contributed by atoms with Gasteiger partial charge in [0.15, 0.2) is 0 Å². The van der Waals surface area contributed by atoms with Gasteiger partial charge in [-0.05, 0) is 37.5 Å². The minimum atomic E-state index is -1.41. The fourth-order valence-corrected chi connectivity index (χ4v) is 2.47. The molecule has 10 nitrogen and oxygen atoms in total. The summed E-state index contributed by atoms with van der Waals surface area (Å²) < 4.78 is 5.09. The third kappa shape index (κ3) is 11.8. The molecule has 11 heteroatoms. The summed E-state index contributed by atoms with van der Waals surface area (Å²) in [5.41, 5.74) is 3.93. The number of carboxylic acid groups (broad SMARTS) is 1. The Hall–Kier alpha value is -2.92. The fraction of sp³-hybridized carbons (Fsp3) is 0.304. The molecule has 0 saturated heterocycles. The summed E-state index contributed by atoms with van der Waals surface area (Å²) in [6.45, 7) is 4.81. The van der Waals surface area contributed by atoms with E-state index in [9.17, 15) is 19.5 Å². The maximum atomic E-state index is 12.4. The third-order valence-electron chi connectivity index (χ3n) is 3.91. The molecule has 2 N–H and O–H groups in total. The number of benzene rings is 2. The molecule has 0 heterocycles. The molecule has 2 rings (SSSR count). The fourth-order valence-electron chi connectivity index (χ4n) is 2.47. The van der Waals surface area contributed by atoms with Gasteiger partial charge in [-0.15, -0.1) is 0 Å². The first-order valence-corrected chi connectivity index (χ1v) is 10.2. The van der Waals surface area contributed by atoms with Crippen molar-refractivity contribution in [2.75, 3.05) is 6.54 Å². The molecule has 0 atom stereocenters. The molecule has 0 bridgehead atoms. The third-order valence-corrected chi connectivity index (χ3v) is 3.91. The molecule has 176 valence electrons. The number of carboxylic acids is 1. The van der Waals surface area contributed by atoms with Crippen LogP contribution in [0.3, 0.4) is 0 Å². The molecule has 34 heavy (non-hydrogen) atoms. The van der Waals surface area contributed by atoms with E-state index in [1.165, 1.54) is 6.21 Å². The Labute approximate surface area is 220 Å². The van der Waals surface area contributed by atoms with Gasteiger partial charge in [-0.25, -0.2) is 15.0 Å². The largest absolute Gasteiger partial charge is 1.00 e. The van der Waals surface area contributed by atoms with Crippen LogP contribution in [0, 0.1) is 0 Å². The van der Waals surface area contributed by atoms with Gasteiger partial charge in [-0.2, -0.15) is 10.2 Å². The van der Waals surface area contributed by atoms with Crippen LogP contribution in [-0.2, 0) is 27.5 Å². The van der Waals surface area contributed by atoms with E-state index in [1.54, 1.807) is 45.0 Å². The van der Waals surface area contributed by atoms with Crippen LogP contribution >= 0.6 is 0 Å². The monoisotopic (exact) mass is 478 g/mol. The number of carbonyl (C=O) groups excluding carboxylic acids is 3. The Morgan fingerprint density at radius 3 is 2.26 bits per heavy atom. The first kappa shape index (κ1) is 29.1. The van der Waals surface area contributed by atoms with E-state index >= 15 is 0 Å². The Morgan fingerprint density at radius 1 is 1.03 bits per heavy atom. The van der Waals surface area contributed by atoms with Crippen molar-refractivity contribution in [1.82, 2.24) is 15.8 Å². The van der Waals surface area contributed by atoms with Crippen molar-refractivity contribution >= 4 is 24.3 Å². The molecule has 0 saturated carbocycles. The van der Waals surface area contributed by atoms with Gasteiger partial charge >= 0.3 is 41.7 Å². The van der Waals surface area contributed by atoms with Crippen molar-refractivity contribution in [3.05, 3.63) is 71.3 Å². The van der Waals surface area contributed by atoms with Gasteiger partial charge in [0, 0.05) is 0 Å². The first-order valence-electron chi connectivity index (χ1n) is 10.2. The molecule has 0 aliphatic carbocycles. The van der Waals surface area contributed by atoms with Crippen LogP contribution in [0.2, 0.25) is 0 Å². The van der Waals surface area contributed by atoms with Gasteiger partial charge in [0.2, 0.25) is 0 Å². The molecule has 2 aromatic rings. The van der Waals surface area contributed by atoms with Crippen LogP contribution in [0.25, 0.3) is 0 Å². The Bertz CT molecular complexity index is 962. The molecule has 0 aromatic heterocycles. The van der Waals surface area contributed by atoms with E-state index < -0.39 is 30.2 Å². The van der Waals surface area contributed by atoms with E-state index in [2.05, 4.69) is 15.8 Å². The van der Waals surface area contributed by atoms with Gasteiger partial charge < -0.3 is 20.0 Å². The SMILES string of the molecule is CC(C)(C)OC(=O)NN=Cc1ccc(CN(OCc2ccccc2)C(=O)NCC(=O)[O-])cc1.[Na+]. The molecule has 2 aromatic carbocycles. The number of hydrazone groups is 1. The summed E-state index contributed by atoms with van der Waals surface area (Å²) in [7, 11) is 0. The van der Waals surface area contributed by atoms with Crippen molar-refractivity contribution in [3.8, 4) is 0 Å². The number of rotatable bonds is 9. The van der Waals surface area contributed by atoms with Crippen molar-refractivity contribution in [2.24, 2.45) is 5.10 Å². The van der Waals surface area contributed by atoms with Gasteiger partial charge in [-0.1, -0.05) is 54.6 Å². The average Bonchev–Trinajstić information content (AvgIpc) is 2.75. The molecule has 0 unspecified atom stereocenters. The van der Waals surface area contributed by atoms with Crippen molar-refractivity contribution in [2.45, 2.75) is 39.5 Å². The summed E-state index contributed by atoms with van der Waals surface area (Å²) in [4.78, 5) is 40.2. The summed E-state index contributed by atoms with van der Waals surface area (Å²) in [5.74, 6) is -1.41. The zero-order valence-corrected chi connectivity index (χ0v) is 21.7. The van der Waals surface area contributed by atoms with Crippen LogP contribution in [0.1, 0.15) is 37.5 Å². The minimum Gasteiger partial charge on any atom is -0.548 e. The second kappa shape index (κ2) is 14.4. The van der Waals surface area contributed by atoms with Crippen LogP contribution in [-0.4, -0.2) is 41.5 Å². The molecule has 3 amide bonds. The number of carbonyl (C=O) groups is 3. The second-order valence-corrected chi connectivity index (χ2v) is 7.94. The summed E-state index contributed by atoms with van der Waals surface area (Å²) in [6, 6.07) is 15.5. The molecular weight excluding hydrogens is 451 g/mol. The number of nitrogens with zero attached hydrogens (tertiary/aromatic N) is 2. The van der Waals surface area contributed by atoms with Gasteiger partial charge in [0.25, 0.3) is 0 Å². The Balaban J connectivity index is 0.00000578. The predicted octanol–water partition coefficient (Wildman–Crippen LogP) is -1.06. The number of hydrogen-bond acceptors (Lipinski definition) is 7. The number of hydrogen-bond donors (Lipinski definition) is 2. The zero-order valence-electron chi connectivity index (χ0n) is 19.7. The number of ether oxygens (including phenoxy) is 1. The van der Waals surface area contributed by atoms with E-state index in [1.807, 2.05) is 30.3 Å². The topological polar surface area (TPSA) is 132 Å². The quantitative estimate of drug-likeness (QED) is 0.268.